The molecular weight excluding hydrogens is 246 g/mol. The number of hydrogen-bond donors (Lipinski definition) is 0. The molecule has 2 aromatic heterocycles. The molecule has 2 aromatic rings. The Morgan fingerprint density at radius 1 is 1.26 bits per heavy atom. The fourth-order valence-electron chi connectivity index (χ4n) is 1.82. The van der Waals surface area contributed by atoms with Crippen molar-refractivity contribution in [2.45, 2.75) is 13.8 Å². The lowest BCUT2D eigenvalue weighted by molar-refractivity contribution is -0.119. The minimum atomic E-state index is 0.565. The molecule has 0 N–H and O–H groups in total. The fourth-order valence-corrected chi connectivity index (χ4v) is 1.82. The highest BCUT2D eigenvalue weighted by molar-refractivity contribution is 5.47. The molecule has 7 heteroatoms. The molecule has 0 bridgehead atoms. The number of carbonyl (C=O) groups is 1. The lowest BCUT2D eigenvalue weighted by Gasteiger charge is -2.29. The number of rotatable bonds is 1. The van der Waals surface area contributed by atoms with Crippen molar-refractivity contribution in [3.8, 4) is 0 Å². The predicted molar refractivity (Wildman–Crippen MR) is 69.9 cm³/mol. The molecule has 0 spiro atoms. The van der Waals surface area contributed by atoms with Gasteiger partial charge in [0.1, 0.15) is 12.1 Å². The van der Waals surface area contributed by atoms with Crippen LogP contribution in [0.15, 0.2) is 10.7 Å². The maximum atomic E-state index is 10.2. The first-order valence-corrected chi connectivity index (χ1v) is 6.25. The number of aromatic nitrogens is 3. The maximum absolute atomic E-state index is 10.2. The van der Waals surface area contributed by atoms with Crippen molar-refractivity contribution < 1.29 is 9.21 Å². The van der Waals surface area contributed by atoms with Crippen LogP contribution in [0.25, 0.3) is 5.84 Å². The number of carbonyl (C=O) groups excluding carboxylic acids is 1. The van der Waals surface area contributed by atoms with Gasteiger partial charge >= 0.3 is 5.84 Å². The molecule has 19 heavy (non-hydrogen) atoms. The molecule has 3 heterocycles. The van der Waals surface area contributed by atoms with Crippen molar-refractivity contribution in [1.29, 1.82) is 0 Å². The molecule has 1 amide bonds. The largest absolute Gasteiger partial charge is 0.427 e. The second-order valence-electron chi connectivity index (χ2n) is 4.64. The van der Waals surface area contributed by atoms with E-state index < -0.39 is 0 Å². The van der Waals surface area contributed by atoms with Gasteiger partial charge in [0.25, 0.3) is 0 Å². The molecule has 3 rings (SSSR count). The summed E-state index contributed by atoms with van der Waals surface area (Å²) in [6.45, 7) is 7.64. The van der Waals surface area contributed by atoms with Gasteiger partial charge in [-0.05, 0) is 20.9 Å². The molecule has 1 fully saturated rings. The van der Waals surface area contributed by atoms with Crippen molar-refractivity contribution in [3.63, 3.8) is 0 Å². The summed E-state index contributed by atoms with van der Waals surface area (Å²) in [5.74, 6) is 1.44. The fraction of sp³-hybridized carbons (Fsp3) is 0.583. The average Bonchev–Trinajstić information content (AvgIpc) is 2.96. The Hall–Kier alpha value is -1.89. The molecular formula is C12H19N5O2. The zero-order valence-electron chi connectivity index (χ0n) is 11.5. The summed E-state index contributed by atoms with van der Waals surface area (Å²) >= 11 is 0. The van der Waals surface area contributed by atoms with Crippen LogP contribution in [0.5, 0.6) is 0 Å². The van der Waals surface area contributed by atoms with Crippen LogP contribution < -0.4 is 0 Å². The number of hydrogen-bond acceptors (Lipinski definition) is 5. The molecule has 0 saturated carbocycles. The third-order valence-electron chi connectivity index (χ3n) is 3.28. The molecule has 1 aliphatic rings. The van der Waals surface area contributed by atoms with Gasteiger partial charge in [0, 0.05) is 26.2 Å². The van der Waals surface area contributed by atoms with Gasteiger partial charge < -0.3 is 14.2 Å². The van der Waals surface area contributed by atoms with Crippen LogP contribution >= 0.6 is 0 Å². The molecule has 1 aliphatic heterocycles. The topological polar surface area (TPSA) is 66.9 Å². The van der Waals surface area contributed by atoms with Crippen LogP contribution in [-0.4, -0.2) is 64.0 Å². The first kappa shape index (κ1) is 13.5. The summed E-state index contributed by atoms with van der Waals surface area (Å²) in [6, 6.07) is 0. The summed E-state index contributed by atoms with van der Waals surface area (Å²) < 4.78 is 6.90. The van der Waals surface area contributed by atoms with Crippen LogP contribution in [0, 0.1) is 13.8 Å². The third-order valence-corrected chi connectivity index (χ3v) is 3.28. The maximum Gasteiger partial charge on any atom is 0.324 e. The van der Waals surface area contributed by atoms with E-state index in [1.54, 1.807) is 9.42 Å². The molecule has 0 radical (unpaired) electrons. The standard InChI is InChI=1S/C6H7N3O.C6H12N2O/c1-4-5(2)10-6-7-3-8-9(4)6;1-7-2-4-8(6-9)5-3-7/h3H,1-2H3;6H,2-5H2,1H3. The molecule has 0 atom stereocenters. The first-order valence-electron chi connectivity index (χ1n) is 6.25. The number of amides is 1. The SMILES string of the molecule is CN1CCN(C=O)CC1.Cc1oc2ncnn2c1C. The Morgan fingerprint density at radius 2 is 1.95 bits per heavy atom. The monoisotopic (exact) mass is 265 g/mol. The minimum Gasteiger partial charge on any atom is -0.427 e. The first-order chi connectivity index (χ1) is 9.11. The van der Waals surface area contributed by atoms with Gasteiger partial charge in [0.05, 0.1) is 5.69 Å². The number of fused-ring (bicyclic) bond motifs is 1. The summed E-state index contributed by atoms with van der Waals surface area (Å²) in [7, 11) is 2.07. The summed E-state index contributed by atoms with van der Waals surface area (Å²) in [6.07, 6.45) is 2.40. The molecule has 0 aliphatic carbocycles. The molecule has 7 nitrogen and oxygen atoms in total. The number of nitrogens with zero attached hydrogens (tertiary/aromatic N) is 5. The second-order valence-corrected chi connectivity index (χ2v) is 4.64. The van der Waals surface area contributed by atoms with E-state index in [0.29, 0.717) is 5.84 Å². The lowest BCUT2D eigenvalue weighted by atomic mass is 10.4. The van der Waals surface area contributed by atoms with E-state index in [0.717, 1.165) is 44.0 Å². The number of aryl methyl sites for hydroxylation is 2. The van der Waals surface area contributed by atoms with Crippen LogP contribution in [0.4, 0.5) is 0 Å². The van der Waals surface area contributed by atoms with Gasteiger partial charge in [-0.3, -0.25) is 4.79 Å². The Kier molecular flexibility index (Phi) is 4.16. The van der Waals surface area contributed by atoms with Gasteiger partial charge in [0.2, 0.25) is 6.41 Å². The predicted octanol–water partition coefficient (Wildman–Crippen LogP) is 0.329. The number of piperazine rings is 1. The van der Waals surface area contributed by atoms with Gasteiger partial charge in [-0.25, -0.2) is 0 Å². The van der Waals surface area contributed by atoms with Crippen LogP contribution in [0.3, 0.4) is 0 Å². The summed E-state index contributed by atoms with van der Waals surface area (Å²) in [4.78, 5) is 18.1. The Morgan fingerprint density at radius 3 is 2.53 bits per heavy atom. The summed E-state index contributed by atoms with van der Waals surface area (Å²) in [5, 5.41) is 3.95. The zero-order chi connectivity index (χ0) is 13.8. The van der Waals surface area contributed by atoms with Gasteiger partial charge in [-0.15, -0.1) is 0 Å². The Labute approximate surface area is 111 Å². The summed E-state index contributed by atoms with van der Waals surface area (Å²) in [5.41, 5.74) is 1.01. The van der Waals surface area contributed by atoms with E-state index in [-0.39, 0.29) is 0 Å². The van der Waals surface area contributed by atoms with Crippen molar-refractivity contribution in [2.75, 3.05) is 33.2 Å². The minimum absolute atomic E-state index is 0.565. The quantitative estimate of drug-likeness (QED) is 0.695. The van der Waals surface area contributed by atoms with E-state index in [1.807, 2.05) is 13.8 Å². The third kappa shape index (κ3) is 3.11. The normalized spacial score (nSPS) is 16.3. The van der Waals surface area contributed by atoms with Gasteiger partial charge in [0.15, 0.2) is 0 Å². The second kappa shape index (κ2) is 5.83. The van der Waals surface area contributed by atoms with E-state index in [4.69, 9.17) is 4.42 Å². The lowest BCUT2D eigenvalue weighted by Crippen LogP contribution is -2.43. The van der Waals surface area contributed by atoms with Crippen LogP contribution in [-0.2, 0) is 4.79 Å². The van der Waals surface area contributed by atoms with Crippen molar-refractivity contribution in [2.24, 2.45) is 0 Å². The van der Waals surface area contributed by atoms with Crippen molar-refractivity contribution >= 4 is 12.3 Å². The van der Waals surface area contributed by atoms with Crippen LogP contribution in [0.2, 0.25) is 0 Å². The van der Waals surface area contributed by atoms with Gasteiger partial charge in [-0.2, -0.15) is 14.6 Å². The smallest absolute Gasteiger partial charge is 0.324 e. The molecule has 0 unspecified atom stereocenters. The number of oxazole rings is 1. The van der Waals surface area contributed by atoms with E-state index >= 15 is 0 Å². The molecule has 104 valence electrons. The van der Waals surface area contributed by atoms with E-state index in [1.165, 1.54) is 6.33 Å². The van der Waals surface area contributed by atoms with Crippen molar-refractivity contribution in [1.82, 2.24) is 24.4 Å². The molecule has 0 aromatic carbocycles. The van der Waals surface area contributed by atoms with Crippen LogP contribution in [0.1, 0.15) is 11.5 Å². The highest BCUT2D eigenvalue weighted by Crippen LogP contribution is 2.10. The van der Waals surface area contributed by atoms with Crippen molar-refractivity contribution in [3.05, 3.63) is 17.8 Å². The average molecular weight is 265 g/mol. The number of likely N-dealkylation sites (N-methyl/N-ethyl adjacent to an activating group) is 1. The molecule has 1 saturated heterocycles. The van der Waals surface area contributed by atoms with Gasteiger partial charge in [-0.1, -0.05) is 0 Å². The highest BCUT2D eigenvalue weighted by Gasteiger charge is 2.10. The zero-order valence-corrected chi connectivity index (χ0v) is 11.5. The Balaban J connectivity index is 0.000000141. The van der Waals surface area contributed by atoms with E-state index in [2.05, 4.69) is 22.0 Å². The highest BCUT2D eigenvalue weighted by atomic mass is 16.4. The van der Waals surface area contributed by atoms with E-state index in [9.17, 15) is 4.79 Å². The Bertz CT molecular complexity index is 539.